The Hall–Kier alpha value is -3.09. The molecule has 2 rings (SSSR count). The molecule has 1 N–H and O–H groups in total. The minimum atomic E-state index is -0.730. The number of H-pyrrole nitrogens is 1. The summed E-state index contributed by atoms with van der Waals surface area (Å²) in [5, 5.41) is 0. The number of ether oxygens (including phenoxy) is 2. The van der Waals surface area contributed by atoms with Crippen LogP contribution in [0.25, 0.3) is 0 Å². The molecule has 1 aromatic heterocycles. The van der Waals surface area contributed by atoms with Crippen molar-refractivity contribution in [2.45, 2.75) is 53.6 Å². The van der Waals surface area contributed by atoms with Gasteiger partial charge < -0.3 is 19.4 Å². The fraction of sp³-hybridized carbons (Fsp3) is 0.435. The molecular formula is C23H30N2O5. The zero-order valence-electron chi connectivity index (χ0n) is 18.7. The Balaban J connectivity index is 2.40. The number of nitrogens with one attached hydrogen (secondary N) is 1. The van der Waals surface area contributed by atoms with E-state index in [2.05, 4.69) is 4.98 Å². The number of carbonyl (C=O) groups excluding carboxylic acids is 3. The van der Waals surface area contributed by atoms with Gasteiger partial charge in [0.05, 0.1) is 19.8 Å². The molecule has 0 fully saturated rings. The van der Waals surface area contributed by atoms with Crippen LogP contribution in [-0.4, -0.2) is 53.3 Å². The Morgan fingerprint density at radius 2 is 1.80 bits per heavy atom. The predicted molar refractivity (Wildman–Crippen MR) is 114 cm³/mol. The van der Waals surface area contributed by atoms with Gasteiger partial charge in [-0.25, -0.2) is 4.79 Å². The van der Waals surface area contributed by atoms with Crippen molar-refractivity contribution >= 4 is 17.7 Å². The number of amides is 1. The van der Waals surface area contributed by atoms with Gasteiger partial charge in [0.25, 0.3) is 5.91 Å². The molecule has 2 aromatic rings. The van der Waals surface area contributed by atoms with E-state index >= 15 is 0 Å². The van der Waals surface area contributed by atoms with Crippen LogP contribution < -0.4 is 4.74 Å². The van der Waals surface area contributed by atoms with E-state index in [1.54, 1.807) is 56.9 Å². The Labute approximate surface area is 177 Å². The monoisotopic (exact) mass is 414 g/mol. The Bertz CT molecular complexity index is 945. The minimum Gasteiger partial charge on any atom is -0.497 e. The fourth-order valence-electron chi connectivity index (χ4n) is 3.62. The molecule has 30 heavy (non-hydrogen) atoms. The molecule has 0 spiro atoms. The van der Waals surface area contributed by atoms with Gasteiger partial charge in [0.1, 0.15) is 11.4 Å². The number of aryl methyl sites for hydroxylation is 1. The highest BCUT2D eigenvalue weighted by Crippen LogP contribution is 2.24. The zero-order valence-corrected chi connectivity index (χ0v) is 18.7. The number of rotatable bonds is 8. The molecule has 7 nitrogen and oxygen atoms in total. The molecule has 1 atom stereocenters. The van der Waals surface area contributed by atoms with Crippen molar-refractivity contribution in [2.75, 3.05) is 13.7 Å². The number of aromatic amines is 1. The molecule has 162 valence electrons. The van der Waals surface area contributed by atoms with Crippen molar-refractivity contribution in [2.24, 2.45) is 0 Å². The number of benzene rings is 1. The van der Waals surface area contributed by atoms with Gasteiger partial charge in [-0.3, -0.25) is 9.59 Å². The van der Waals surface area contributed by atoms with Crippen molar-refractivity contribution in [3.8, 4) is 5.75 Å². The summed E-state index contributed by atoms with van der Waals surface area (Å²) in [6.45, 7) is 10.8. The van der Waals surface area contributed by atoms with Crippen molar-refractivity contribution in [1.29, 1.82) is 0 Å². The van der Waals surface area contributed by atoms with Gasteiger partial charge in [0.2, 0.25) is 0 Å². The summed E-state index contributed by atoms with van der Waals surface area (Å²) in [7, 11) is 1.54. The molecule has 0 bridgehead atoms. The van der Waals surface area contributed by atoms with Gasteiger partial charge in [-0.1, -0.05) is 6.07 Å². The smallest absolute Gasteiger partial charge is 0.355 e. The second-order valence-electron chi connectivity index (χ2n) is 7.42. The number of ketones is 1. The summed E-state index contributed by atoms with van der Waals surface area (Å²) in [5.74, 6) is -0.430. The van der Waals surface area contributed by atoms with E-state index in [4.69, 9.17) is 9.47 Å². The number of aromatic nitrogens is 1. The third-order valence-electron chi connectivity index (χ3n) is 5.07. The highest BCUT2D eigenvalue weighted by molar-refractivity contribution is 6.07. The lowest BCUT2D eigenvalue weighted by Gasteiger charge is -2.32. The van der Waals surface area contributed by atoms with Crippen LogP contribution in [0, 0.1) is 13.8 Å². The van der Waals surface area contributed by atoms with Gasteiger partial charge in [0, 0.05) is 22.9 Å². The number of methoxy groups -OCH3 is 1. The number of esters is 1. The Morgan fingerprint density at radius 3 is 2.37 bits per heavy atom. The standard InChI is InChI=1S/C23H30N2O5/c1-8-30-23(28)20-14(4)19(15(5)24-20)21(26)16(6)25(13(2)3)22(27)17-10-9-11-18(12-17)29-7/h9-13,16,24H,8H2,1-7H3. The first kappa shape index (κ1) is 23.2. The number of Topliss-reactive ketones (excluding diaryl/α,β-unsaturated/α-hetero) is 1. The lowest BCUT2D eigenvalue weighted by Crippen LogP contribution is -2.47. The summed E-state index contributed by atoms with van der Waals surface area (Å²) in [5.41, 5.74) is 2.22. The molecule has 1 aromatic carbocycles. The second kappa shape index (κ2) is 9.61. The Morgan fingerprint density at radius 1 is 1.13 bits per heavy atom. The number of hydrogen-bond donors (Lipinski definition) is 1. The van der Waals surface area contributed by atoms with Crippen molar-refractivity contribution in [3.05, 3.63) is 52.3 Å². The quantitative estimate of drug-likeness (QED) is 0.522. The van der Waals surface area contributed by atoms with Crippen LogP contribution >= 0.6 is 0 Å². The van der Waals surface area contributed by atoms with Gasteiger partial charge in [-0.2, -0.15) is 0 Å². The molecule has 0 radical (unpaired) electrons. The maximum atomic E-state index is 13.4. The fourth-order valence-corrected chi connectivity index (χ4v) is 3.62. The van der Waals surface area contributed by atoms with Crippen LogP contribution in [0.2, 0.25) is 0 Å². The SMILES string of the molecule is CCOC(=O)c1[nH]c(C)c(C(=O)C(C)N(C(=O)c2cccc(OC)c2)C(C)C)c1C. The molecule has 0 aliphatic carbocycles. The minimum absolute atomic E-state index is 0.216. The molecule has 1 unspecified atom stereocenters. The van der Waals surface area contributed by atoms with E-state index in [1.165, 1.54) is 7.11 Å². The maximum absolute atomic E-state index is 13.4. The first-order valence-electron chi connectivity index (χ1n) is 10.0. The molecule has 0 saturated carbocycles. The van der Waals surface area contributed by atoms with Crippen molar-refractivity contribution < 1.29 is 23.9 Å². The highest BCUT2D eigenvalue weighted by Gasteiger charge is 2.33. The molecule has 1 amide bonds. The summed E-state index contributed by atoms with van der Waals surface area (Å²) >= 11 is 0. The van der Waals surface area contributed by atoms with Gasteiger partial charge in [0.15, 0.2) is 5.78 Å². The summed E-state index contributed by atoms with van der Waals surface area (Å²) < 4.78 is 10.3. The van der Waals surface area contributed by atoms with E-state index in [9.17, 15) is 14.4 Å². The van der Waals surface area contributed by atoms with Crippen molar-refractivity contribution in [1.82, 2.24) is 9.88 Å². The molecule has 0 saturated heterocycles. The largest absolute Gasteiger partial charge is 0.497 e. The van der Waals surface area contributed by atoms with Gasteiger partial charge in [-0.05, 0) is 65.3 Å². The predicted octanol–water partition coefficient (Wildman–Crippen LogP) is 3.94. The molecule has 1 heterocycles. The van der Waals surface area contributed by atoms with Crippen LogP contribution in [-0.2, 0) is 4.74 Å². The third kappa shape index (κ3) is 4.56. The first-order chi connectivity index (χ1) is 14.1. The van der Waals surface area contributed by atoms with Crippen molar-refractivity contribution in [3.63, 3.8) is 0 Å². The van der Waals surface area contributed by atoms with Crippen LogP contribution in [0.1, 0.15) is 70.2 Å². The molecule has 0 aliphatic rings. The summed E-state index contributed by atoms with van der Waals surface area (Å²) in [6.07, 6.45) is 0. The highest BCUT2D eigenvalue weighted by atomic mass is 16.5. The topological polar surface area (TPSA) is 88.7 Å². The summed E-state index contributed by atoms with van der Waals surface area (Å²) in [6, 6.07) is 5.90. The average molecular weight is 415 g/mol. The molecule has 7 heteroatoms. The van der Waals surface area contributed by atoms with Crippen LogP contribution in [0.3, 0.4) is 0 Å². The molecular weight excluding hydrogens is 384 g/mol. The van der Waals surface area contributed by atoms with Crippen LogP contribution in [0.15, 0.2) is 24.3 Å². The molecule has 0 aliphatic heterocycles. The lowest BCUT2D eigenvalue weighted by molar-refractivity contribution is 0.0518. The maximum Gasteiger partial charge on any atom is 0.355 e. The summed E-state index contributed by atoms with van der Waals surface area (Å²) in [4.78, 5) is 43.3. The first-order valence-corrected chi connectivity index (χ1v) is 10.0. The zero-order chi connectivity index (χ0) is 22.6. The van der Waals surface area contributed by atoms with Crippen LogP contribution in [0.5, 0.6) is 5.75 Å². The normalized spacial score (nSPS) is 11.9. The van der Waals surface area contributed by atoms with Crippen LogP contribution in [0.4, 0.5) is 0 Å². The van der Waals surface area contributed by atoms with Gasteiger partial charge >= 0.3 is 5.97 Å². The number of nitrogens with zero attached hydrogens (tertiary/aromatic N) is 1. The Kier molecular flexibility index (Phi) is 7.43. The van der Waals surface area contributed by atoms with E-state index in [-0.39, 0.29) is 30.0 Å². The third-order valence-corrected chi connectivity index (χ3v) is 5.07. The van der Waals surface area contributed by atoms with E-state index in [0.29, 0.717) is 28.1 Å². The lowest BCUT2D eigenvalue weighted by atomic mass is 9.98. The second-order valence-corrected chi connectivity index (χ2v) is 7.42. The van der Waals surface area contributed by atoms with E-state index < -0.39 is 12.0 Å². The van der Waals surface area contributed by atoms with Gasteiger partial charge in [-0.15, -0.1) is 0 Å². The number of hydrogen-bond acceptors (Lipinski definition) is 5. The van der Waals surface area contributed by atoms with E-state index in [0.717, 1.165) is 0 Å². The average Bonchev–Trinajstić information content (AvgIpc) is 3.01. The number of carbonyl (C=O) groups is 3. The van der Waals surface area contributed by atoms with E-state index in [1.807, 2.05) is 13.8 Å².